The number of carbonyl (C=O) groups excluding carboxylic acids is 7. The fourth-order valence-electron chi connectivity index (χ4n) is 5.90. The normalized spacial score (nSPS) is 15.8. The van der Waals surface area contributed by atoms with E-state index in [-0.39, 0.29) is 31.2 Å². The van der Waals surface area contributed by atoms with Crippen LogP contribution in [0.1, 0.15) is 105 Å². The van der Waals surface area contributed by atoms with Crippen LogP contribution in [0.5, 0.6) is 0 Å². The second-order valence-corrected chi connectivity index (χ2v) is 14.4. The van der Waals surface area contributed by atoms with Crippen LogP contribution in [0.4, 0.5) is 4.79 Å². The second kappa shape index (κ2) is 21.1. The van der Waals surface area contributed by atoms with Crippen molar-refractivity contribution >= 4 is 41.4 Å². The third-order valence-corrected chi connectivity index (χ3v) is 8.37. The Bertz CT molecular complexity index is 1340. The SMILES string of the molecule is CCCC(NC(=O)[C@H](CC(C)C)NC(=O)[C@@H](NC(=O)OC(C)(C)C)C1CCCCC1)C(=O)C(=O)NCC(=O)CNC(C(=O)OC)c1ccccc1. The summed E-state index contributed by atoms with van der Waals surface area (Å²) in [6.45, 7) is 9.94. The van der Waals surface area contributed by atoms with Crippen LogP contribution in [0.3, 0.4) is 0 Å². The van der Waals surface area contributed by atoms with Crippen molar-refractivity contribution in [2.24, 2.45) is 11.8 Å². The molecular weight excluding hydrogens is 658 g/mol. The van der Waals surface area contributed by atoms with Crippen LogP contribution in [0.2, 0.25) is 0 Å². The van der Waals surface area contributed by atoms with Gasteiger partial charge in [0.2, 0.25) is 17.6 Å². The number of amides is 4. The maximum atomic E-state index is 13.7. The summed E-state index contributed by atoms with van der Waals surface area (Å²) in [6, 6.07) is 4.56. The first-order valence-corrected chi connectivity index (χ1v) is 17.9. The molecule has 0 saturated heterocycles. The van der Waals surface area contributed by atoms with E-state index in [9.17, 15) is 33.6 Å². The summed E-state index contributed by atoms with van der Waals surface area (Å²) in [5.41, 5.74) is -0.185. The lowest BCUT2D eigenvalue weighted by molar-refractivity contribution is -0.143. The van der Waals surface area contributed by atoms with Gasteiger partial charge in [0.15, 0.2) is 5.78 Å². The molecule has 0 heterocycles. The number of hydrogen-bond acceptors (Lipinski definition) is 10. The van der Waals surface area contributed by atoms with Gasteiger partial charge in [-0.2, -0.15) is 0 Å². The van der Waals surface area contributed by atoms with Crippen molar-refractivity contribution in [3.8, 4) is 0 Å². The summed E-state index contributed by atoms with van der Waals surface area (Å²) in [5, 5.41) is 13.3. The summed E-state index contributed by atoms with van der Waals surface area (Å²) in [7, 11) is 1.23. The Labute approximate surface area is 301 Å². The Hall–Kier alpha value is -4.33. The lowest BCUT2D eigenvalue weighted by Gasteiger charge is -2.32. The van der Waals surface area contributed by atoms with Crippen LogP contribution in [-0.2, 0) is 38.2 Å². The number of methoxy groups -OCH3 is 1. The molecule has 0 spiro atoms. The van der Waals surface area contributed by atoms with E-state index in [0.717, 1.165) is 32.1 Å². The fourth-order valence-corrected chi connectivity index (χ4v) is 5.90. The van der Waals surface area contributed by atoms with Gasteiger partial charge in [-0.1, -0.05) is 76.8 Å². The topological polar surface area (TPSA) is 198 Å². The molecule has 1 fully saturated rings. The zero-order valence-electron chi connectivity index (χ0n) is 31.1. The van der Waals surface area contributed by atoms with Crippen molar-refractivity contribution in [1.82, 2.24) is 26.6 Å². The molecule has 0 radical (unpaired) electrons. The number of alkyl carbamates (subject to hydrolysis) is 1. The summed E-state index contributed by atoms with van der Waals surface area (Å²) in [6.07, 6.45) is 4.41. The van der Waals surface area contributed by atoms with Crippen LogP contribution < -0.4 is 26.6 Å². The molecule has 14 heteroatoms. The summed E-state index contributed by atoms with van der Waals surface area (Å²) in [5.74, 6) is -4.44. The fraction of sp³-hybridized carbons (Fsp3) is 0.649. The number of Topliss-reactive ketones (excluding diaryl/α,β-unsaturated/α-hetero) is 2. The maximum Gasteiger partial charge on any atom is 0.408 e. The van der Waals surface area contributed by atoms with Gasteiger partial charge in [0.1, 0.15) is 23.7 Å². The lowest BCUT2D eigenvalue weighted by atomic mass is 9.83. The third-order valence-electron chi connectivity index (χ3n) is 8.37. The molecule has 4 amide bonds. The van der Waals surface area contributed by atoms with Gasteiger partial charge in [0.05, 0.1) is 26.2 Å². The average molecular weight is 716 g/mol. The first kappa shape index (κ1) is 42.8. The van der Waals surface area contributed by atoms with E-state index in [4.69, 9.17) is 9.47 Å². The highest BCUT2D eigenvalue weighted by Gasteiger charge is 2.36. The highest BCUT2D eigenvalue weighted by molar-refractivity contribution is 6.38. The molecule has 1 aliphatic rings. The third kappa shape index (κ3) is 15.2. The minimum Gasteiger partial charge on any atom is -0.468 e. The van der Waals surface area contributed by atoms with Crippen molar-refractivity contribution < 1.29 is 43.0 Å². The van der Waals surface area contributed by atoms with E-state index < -0.39 is 77.7 Å². The molecule has 2 unspecified atom stereocenters. The summed E-state index contributed by atoms with van der Waals surface area (Å²) >= 11 is 0. The van der Waals surface area contributed by atoms with Crippen LogP contribution in [0.15, 0.2) is 30.3 Å². The minimum atomic E-state index is -1.21. The molecule has 51 heavy (non-hydrogen) atoms. The Morgan fingerprint density at radius 3 is 2.04 bits per heavy atom. The molecule has 14 nitrogen and oxygen atoms in total. The lowest BCUT2D eigenvalue weighted by Crippen LogP contribution is -2.58. The van der Waals surface area contributed by atoms with Gasteiger partial charge in [0.25, 0.3) is 5.91 Å². The highest BCUT2D eigenvalue weighted by atomic mass is 16.6. The standard InChI is InChI=1S/C37H57N5O9/c1-8-15-27(31(44)34(47)39-22-26(43)21-38-30(35(48)50-7)25-18-13-10-14-19-25)40-32(45)28(20-23(2)3)41-33(46)29(24-16-11-9-12-17-24)42-36(49)51-37(4,5)6/h10,13-14,18-19,23-24,27-30,38H,8-9,11-12,15-17,20-22H2,1-7H3,(H,39,47)(H,40,45)(H,41,46)(H,42,49)/t27?,28-,29-,30?/m0/s1. The van der Waals surface area contributed by atoms with E-state index in [1.807, 2.05) is 13.8 Å². The number of benzene rings is 1. The van der Waals surface area contributed by atoms with E-state index in [0.29, 0.717) is 12.0 Å². The zero-order chi connectivity index (χ0) is 38.1. The van der Waals surface area contributed by atoms with E-state index in [1.54, 1.807) is 58.0 Å². The van der Waals surface area contributed by atoms with Gasteiger partial charge in [-0.25, -0.2) is 9.59 Å². The molecule has 5 N–H and O–H groups in total. The van der Waals surface area contributed by atoms with Crippen LogP contribution in [0, 0.1) is 11.8 Å². The monoisotopic (exact) mass is 715 g/mol. The molecule has 1 saturated carbocycles. The van der Waals surface area contributed by atoms with Crippen molar-refractivity contribution in [2.45, 2.75) is 123 Å². The smallest absolute Gasteiger partial charge is 0.408 e. The van der Waals surface area contributed by atoms with Gasteiger partial charge >= 0.3 is 12.1 Å². The number of nitrogens with one attached hydrogen (secondary N) is 5. The minimum absolute atomic E-state index is 0.0306. The molecule has 284 valence electrons. The van der Waals surface area contributed by atoms with Gasteiger partial charge in [-0.05, 0) is 63.9 Å². The first-order valence-electron chi connectivity index (χ1n) is 17.9. The Balaban J connectivity index is 2.08. The number of ketones is 2. The van der Waals surface area contributed by atoms with Crippen molar-refractivity contribution in [1.29, 1.82) is 0 Å². The largest absolute Gasteiger partial charge is 0.468 e. The van der Waals surface area contributed by atoms with Crippen molar-refractivity contribution in [2.75, 3.05) is 20.2 Å². The predicted octanol–water partition coefficient (Wildman–Crippen LogP) is 3.03. The highest BCUT2D eigenvalue weighted by Crippen LogP contribution is 2.27. The predicted molar refractivity (Wildman–Crippen MR) is 190 cm³/mol. The van der Waals surface area contributed by atoms with E-state index >= 15 is 0 Å². The van der Waals surface area contributed by atoms with Crippen LogP contribution in [-0.4, -0.2) is 85.3 Å². The summed E-state index contributed by atoms with van der Waals surface area (Å²) < 4.78 is 10.2. The quantitative estimate of drug-likeness (QED) is 0.105. The number of rotatable bonds is 19. The van der Waals surface area contributed by atoms with Gasteiger partial charge in [0, 0.05) is 0 Å². The Morgan fingerprint density at radius 2 is 1.47 bits per heavy atom. The number of hydrogen-bond donors (Lipinski definition) is 5. The van der Waals surface area contributed by atoms with Gasteiger partial charge < -0.3 is 30.7 Å². The molecule has 2 rings (SSSR count). The van der Waals surface area contributed by atoms with Crippen molar-refractivity contribution in [3.05, 3.63) is 35.9 Å². The molecule has 0 aromatic heterocycles. The molecule has 0 aliphatic heterocycles. The molecule has 4 atom stereocenters. The van der Waals surface area contributed by atoms with Crippen LogP contribution in [0.25, 0.3) is 0 Å². The van der Waals surface area contributed by atoms with E-state index in [2.05, 4.69) is 26.6 Å². The first-order chi connectivity index (χ1) is 24.1. The maximum absolute atomic E-state index is 13.7. The number of ether oxygens (including phenoxy) is 2. The number of esters is 1. The molecule has 1 aliphatic carbocycles. The van der Waals surface area contributed by atoms with Gasteiger partial charge in [-0.15, -0.1) is 0 Å². The Morgan fingerprint density at radius 1 is 0.843 bits per heavy atom. The molecule has 0 bridgehead atoms. The zero-order valence-corrected chi connectivity index (χ0v) is 31.1. The second-order valence-electron chi connectivity index (χ2n) is 14.4. The average Bonchev–Trinajstić information content (AvgIpc) is 3.08. The van der Waals surface area contributed by atoms with Gasteiger partial charge in [-0.3, -0.25) is 29.3 Å². The summed E-state index contributed by atoms with van der Waals surface area (Å²) in [4.78, 5) is 91.0. The molecule has 1 aromatic carbocycles. The van der Waals surface area contributed by atoms with Crippen LogP contribution >= 0.6 is 0 Å². The molecule has 1 aromatic rings. The molecular formula is C37H57N5O9. The Kier molecular flexibility index (Phi) is 17.7. The van der Waals surface area contributed by atoms with E-state index in [1.165, 1.54) is 7.11 Å². The number of carbonyl (C=O) groups is 7. The van der Waals surface area contributed by atoms with Crippen molar-refractivity contribution in [3.63, 3.8) is 0 Å².